The number of hydrogen-bond acceptors (Lipinski definition) is 3. The minimum Gasteiger partial charge on any atom is -0.497 e. The first kappa shape index (κ1) is 17.8. The van der Waals surface area contributed by atoms with E-state index in [9.17, 15) is 9.18 Å². The van der Waals surface area contributed by atoms with Crippen molar-refractivity contribution in [2.45, 2.75) is 25.9 Å². The number of ether oxygens (including phenoxy) is 2. The molecule has 2 aromatic rings. The van der Waals surface area contributed by atoms with Crippen molar-refractivity contribution in [1.29, 1.82) is 0 Å². The summed E-state index contributed by atoms with van der Waals surface area (Å²) < 4.78 is 23.6. The number of nitrogens with one attached hydrogen (secondary N) is 1. The fraction of sp³-hybridized carbons (Fsp3) is 0.316. The molecule has 2 rings (SSSR count). The van der Waals surface area contributed by atoms with Crippen LogP contribution in [-0.4, -0.2) is 25.7 Å². The van der Waals surface area contributed by atoms with Crippen molar-refractivity contribution < 1.29 is 18.7 Å². The Morgan fingerprint density at radius 2 is 1.71 bits per heavy atom. The first-order valence-corrected chi connectivity index (χ1v) is 7.95. The molecule has 0 bridgehead atoms. The zero-order valence-corrected chi connectivity index (χ0v) is 13.9. The van der Waals surface area contributed by atoms with Gasteiger partial charge in [-0.1, -0.05) is 19.1 Å². The van der Waals surface area contributed by atoms with Gasteiger partial charge in [-0.25, -0.2) is 4.39 Å². The van der Waals surface area contributed by atoms with Crippen LogP contribution in [0.1, 0.15) is 18.9 Å². The Labute approximate surface area is 141 Å². The molecule has 0 aliphatic heterocycles. The molecule has 128 valence electrons. The van der Waals surface area contributed by atoms with Crippen molar-refractivity contribution >= 4 is 5.91 Å². The second-order valence-corrected chi connectivity index (χ2v) is 5.36. The Bertz CT molecular complexity index is 641. The summed E-state index contributed by atoms with van der Waals surface area (Å²) in [6.45, 7) is 2.39. The molecule has 4 nitrogen and oxygen atoms in total. The molecule has 0 radical (unpaired) electrons. The van der Waals surface area contributed by atoms with Gasteiger partial charge in [-0.15, -0.1) is 0 Å². The number of halogens is 1. The lowest BCUT2D eigenvalue weighted by Crippen LogP contribution is -2.38. The van der Waals surface area contributed by atoms with Crippen LogP contribution in [0.4, 0.5) is 4.39 Å². The summed E-state index contributed by atoms with van der Waals surface area (Å²) in [5.74, 6) is 0.782. The third-order valence-electron chi connectivity index (χ3n) is 3.63. The largest absolute Gasteiger partial charge is 0.497 e. The summed E-state index contributed by atoms with van der Waals surface area (Å²) in [7, 11) is 1.63. The van der Waals surface area contributed by atoms with Gasteiger partial charge in [0.2, 0.25) is 0 Å². The van der Waals surface area contributed by atoms with E-state index in [1.807, 2.05) is 31.2 Å². The third kappa shape index (κ3) is 5.26. The molecule has 0 aliphatic carbocycles. The van der Waals surface area contributed by atoms with Gasteiger partial charge in [-0.05, 0) is 54.8 Å². The van der Waals surface area contributed by atoms with Crippen molar-refractivity contribution in [3.63, 3.8) is 0 Å². The molecule has 0 heterocycles. The van der Waals surface area contributed by atoms with Gasteiger partial charge in [-0.2, -0.15) is 0 Å². The van der Waals surface area contributed by atoms with Crippen molar-refractivity contribution in [2.24, 2.45) is 0 Å². The SMILES string of the molecule is CC[C@H](Oc1ccc(F)cc1)C(=O)NCCc1ccc(OC)cc1. The summed E-state index contributed by atoms with van der Waals surface area (Å²) in [5.41, 5.74) is 1.11. The zero-order chi connectivity index (χ0) is 17.4. The van der Waals surface area contributed by atoms with Crippen LogP contribution >= 0.6 is 0 Å². The topological polar surface area (TPSA) is 47.6 Å². The molecule has 5 heteroatoms. The van der Waals surface area contributed by atoms with Crippen LogP contribution in [0.2, 0.25) is 0 Å². The Balaban J connectivity index is 1.81. The molecule has 1 atom stereocenters. The number of benzene rings is 2. The highest BCUT2D eigenvalue weighted by Gasteiger charge is 2.17. The second kappa shape index (κ2) is 8.91. The van der Waals surface area contributed by atoms with E-state index in [1.54, 1.807) is 7.11 Å². The average molecular weight is 331 g/mol. The molecule has 1 N–H and O–H groups in total. The molecule has 0 fully saturated rings. The maximum Gasteiger partial charge on any atom is 0.261 e. The summed E-state index contributed by atoms with van der Waals surface area (Å²) in [5, 5.41) is 2.87. The predicted molar refractivity (Wildman–Crippen MR) is 90.8 cm³/mol. The molecule has 0 unspecified atom stereocenters. The minimum atomic E-state index is -0.591. The smallest absolute Gasteiger partial charge is 0.261 e. The summed E-state index contributed by atoms with van der Waals surface area (Å²) in [6, 6.07) is 13.4. The van der Waals surface area contributed by atoms with Crippen LogP contribution in [0, 0.1) is 5.82 Å². The van der Waals surface area contributed by atoms with Crippen LogP contribution in [0.25, 0.3) is 0 Å². The van der Waals surface area contributed by atoms with Gasteiger partial charge in [0, 0.05) is 6.54 Å². The number of carbonyl (C=O) groups is 1. The van der Waals surface area contributed by atoms with E-state index in [-0.39, 0.29) is 11.7 Å². The number of hydrogen-bond donors (Lipinski definition) is 1. The molecule has 2 aromatic carbocycles. The lowest BCUT2D eigenvalue weighted by Gasteiger charge is -2.17. The molecule has 0 spiro atoms. The Kier molecular flexibility index (Phi) is 6.61. The van der Waals surface area contributed by atoms with Crippen LogP contribution in [0.5, 0.6) is 11.5 Å². The van der Waals surface area contributed by atoms with Crippen molar-refractivity contribution in [3.05, 3.63) is 59.9 Å². The van der Waals surface area contributed by atoms with E-state index in [2.05, 4.69) is 5.32 Å². The first-order valence-electron chi connectivity index (χ1n) is 7.95. The van der Waals surface area contributed by atoms with Gasteiger partial charge in [0.15, 0.2) is 6.10 Å². The normalized spacial score (nSPS) is 11.6. The summed E-state index contributed by atoms with van der Waals surface area (Å²) in [4.78, 5) is 12.2. The van der Waals surface area contributed by atoms with Crippen LogP contribution in [0.15, 0.2) is 48.5 Å². The predicted octanol–water partition coefficient (Wildman–Crippen LogP) is 3.35. The Hall–Kier alpha value is -2.56. The number of amides is 1. The highest BCUT2D eigenvalue weighted by molar-refractivity contribution is 5.81. The quantitative estimate of drug-likeness (QED) is 0.807. The fourth-order valence-electron chi connectivity index (χ4n) is 2.24. The van der Waals surface area contributed by atoms with E-state index >= 15 is 0 Å². The summed E-state index contributed by atoms with van der Waals surface area (Å²) >= 11 is 0. The molecule has 1 amide bonds. The number of methoxy groups -OCH3 is 1. The van der Waals surface area contributed by atoms with Crippen LogP contribution < -0.4 is 14.8 Å². The third-order valence-corrected chi connectivity index (χ3v) is 3.63. The zero-order valence-electron chi connectivity index (χ0n) is 13.9. The maximum atomic E-state index is 12.9. The molecule has 0 aromatic heterocycles. The molecule has 0 aliphatic rings. The van der Waals surface area contributed by atoms with E-state index in [0.29, 0.717) is 18.7 Å². The number of rotatable bonds is 8. The highest BCUT2D eigenvalue weighted by atomic mass is 19.1. The lowest BCUT2D eigenvalue weighted by atomic mass is 10.1. The van der Waals surface area contributed by atoms with E-state index < -0.39 is 6.10 Å². The van der Waals surface area contributed by atoms with Crippen molar-refractivity contribution in [1.82, 2.24) is 5.32 Å². The first-order chi connectivity index (χ1) is 11.6. The Morgan fingerprint density at radius 3 is 2.29 bits per heavy atom. The second-order valence-electron chi connectivity index (χ2n) is 5.36. The van der Waals surface area contributed by atoms with Crippen molar-refractivity contribution in [2.75, 3.05) is 13.7 Å². The van der Waals surface area contributed by atoms with Gasteiger partial charge in [0.1, 0.15) is 17.3 Å². The fourth-order valence-corrected chi connectivity index (χ4v) is 2.24. The molecule has 0 saturated heterocycles. The van der Waals surface area contributed by atoms with E-state index in [1.165, 1.54) is 24.3 Å². The van der Waals surface area contributed by atoms with Gasteiger partial charge < -0.3 is 14.8 Å². The monoisotopic (exact) mass is 331 g/mol. The van der Waals surface area contributed by atoms with E-state index in [4.69, 9.17) is 9.47 Å². The maximum absolute atomic E-state index is 12.9. The van der Waals surface area contributed by atoms with Gasteiger partial charge >= 0.3 is 0 Å². The van der Waals surface area contributed by atoms with Crippen molar-refractivity contribution in [3.8, 4) is 11.5 Å². The molecule has 24 heavy (non-hydrogen) atoms. The van der Waals surface area contributed by atoms with E-state index in [0.717, 1.165) is 17.7 Å². The standard InChI is InChI=1S/C19H22FNO3/c1-3-18(24-17-10-6-15(20)7-11-17)19(22)21-13-12-14-4-8-16(23-2)9-5-14/h4-11,18H,3,12-13H2,1-2H3,(H,21,22)/t18-/m0/s1. The molecular formula is C19H22FNO3. The van der Waals surface area contributed by atoms with Crippen LogP contribution in [0.3, 0.4) is 0 Å². The minimum absolute atomic E-state index is 0.171. The average Bonchev–Trinajstić information content (AvgIpc) is 2.61. The van der Waals surface area contributed by atoms with Gasteiger partial charge in [0.25, 0.3) is 5.91 Å². The molecular weight excluding hydrogens is 309 g/mol. The van der Waals surface area contributed by atoms with Gasteiger partial charge in [0.05, 0.1) is 7.11 Å². The summed E-state index contributed by atoms with van der Waals surface area (Å²) in [6.07, 6.45) is 0.667. The lowest BCUT2D eigenvalue weighted by molar-refractivity contribution is -0.128. The number of carbonyl (C=O) groups excluding carboxylic acids is 1. The molecule has 0 saturated carbocycles. The van der Waals surface area contributed by atoms with Crippen LogP contribution in [-0.2, 0) is 11.2 Å². The Morgan fingerprint density at radius 1 is 1.08 bits per heavy atom. The highest BCUT2D eigenvalue weighted by Crippen LogP contribution is 2.15. The van der Waals surface area contributed by atoms with Gasteiger partial charge in [-0.3, -0.25) is 4.79 Å².